The molecule has 1 aromatic carbocycles. The van der Waals surface area contributed by atoms with Crippen molar-refractivity contribution in [2.24, 2.45) is 0 Å². The van der Waals surface area contributed by atoms with Gasteiger partial charge in [0.05, 0.1) is 18.2 Å². The Kier molecular flexibility index (Phi) is 4.56. The maximum Gasteiger partial charge on any atom is 0.187 e. The topological polar surface area (TPSA) is 58.8 Å². The Morgan fingerprint density at radius 3 is 2.56 bits per heavy atom. The molecule has 4 nitrogen and oxygen atoms in total. The molecule has 0 saturated heterocycles. The highest BCUT2D eigenvalue weighted by atomic mass is 32.2. The Morgan fingerprint density at radius 1 is 1.17 bits per heavy atom. The average Bonchev–Trinajstić information content (AvgIpc) is 2.45. The van der Waals surface area contributed by atoms with E-state index in [9.17, 15) is 0 Å². The second-order valence-electron chi connectivity index (χ2n) is 3.36. The van der Waals surface area contributed by atoms with Crippen LogP contribution in [0.25, 0.3) is 0 Å². The zero-order chi connectivity index (χ0) is 12.6. The van der Waals surface area contributed by atoms with Gasteiger partial charge < -0.3 is 4.74 Å². The summed E-state index contributed by atoms with van der Waals surface area (Å²) in [6.07, 6.45) is 3.44. The van der Waals surface area contributed by atoms with Crippen LogP contribution in [0.5, 0.6) is 5.75 Å². The monoisotopic (exact) mass is 257 g/mol. The SMILES string of the molecule is N#Cc1ccc(OCCSc2ncccn2)cc1. The van der Waals surface area contributed by atoms with Crippen LogP contribution in [-0.2, 0) is 0 Å². The molecule has 0 spiro atoms. The minimum Gasteiger partial charge on any atom is -0.493 e. The highest BCUT2D eigenvalue weighted by molar-refractivity contribution is 7.99. The van der Waals surface area contributed by atoms with Gasteiger partial charge in [0.1, 0.15) is 5.75 Å². The molecule has 0 saturated carbocycles. The molecule has 1 heterocycles. The first kappa shape index (κ1) is 12.4. The van der Waals surface area contributed by atoms with Crippen LogP contribution >= 0.6 is 11.8 Å². The van der Waals surface area contributed by atoms with Gasteiger partial charge in [0.25, 0.3) is 0 Å². The molecule has 5 heteroatoms. The zero-order valence-electron chi connectivity index (χ0n) is 9.61. The van der Waals surface area contributed by atoms with Crippen LogP contribution in [0.3, 0.4) is 0 Å². The lowest BCUT2D eigenvalue weighted by atomic mass is 10.2. The van der Waals surface area contributed by atoms with Crippen LogP contribution < -0.4 is 4.74 Å². The Labute approximate surface area is 110 Å². The normalized spacial score (nSPS) is 9.72. The molecule has 90 valence electrons. The standard InChI is InChI=1S/C13H11N3OS/c14-10-11-2-4-12(5-3-11)17-8-9-18-13-15-6-1-7-16-13/h1-7H,8-9H2. The van der Waals surface area contributed by atoms with Gasteiger partial charge in [0, 0.05) is 18.1 Å². The molecule has 0 radical (unpaired) electrons. The summed E-state index contributed by atoms with van der Waals surface area (Å²) in [7, 11) is 0. The van der Waals surface area contributed by atoms with Crippen LogP contribution in [0.4, 0.5) is 0 Å². The van der Waals surface area contributed by atoms with Crippen molar-refractivity contribution in [3.63, 3.8) is 0 Å². The molecule has 0 unspecified atom stereocenters. The summed E-state index contributed by atoms with van der Waals surface area (Å²) in [5, 5.41) is 9.41. The van der Waals surface area contributed by atoms with E-state index in [4.69, 9.17) is 10.00 Å². The van der Waals surface area contributed by atoms with Crippen molar-refractivity contribution in [2.75, 3.05) is 12.4 Å². The second kappa shape index (κ2) is 6.62. The number of rotatable bonds is 5. The molecular formula is C13H11N3OS. The van der Waals surface area contributed by atoms with E-state index in [-0.39, 0.29) is 0 Å². The Balaban J connectivity index is 1.74. The van der Waals surface area contributed by atoms with E-state index in [2.05, 4.69) is 16.0 Å². The molecule has 0 amide bonds. The van der Waals surface area contributed by atoms with E-state index < -0.39 is 0 Å². The number of aromatic nitrogens is 2. The van der Waals surface area contributed by atoms with Gasteiger partial charge in [-0.2, -0.15) is 5.26 Å². The Hall–Kier alpha value is -2.06. The Bertz CT molecular complexity index is 522. The summed E-state index contributed by atoms with van der Waals surface area (Å²) in [4.78, 5) is 8.21. The van der Waals surface area contributed by atoms with Crippen molar-refractivity contribution in [3.05, 3.63) is 48.3 Å². The van der Waals surface area contributed by atoms with Gasteiger partial charge in [-0.05, 0) is 30.3 Å². The highest BCUT2D eigenvalue weighted by Gasteiger charge is 1.97. The molecule has 0 bridgehead atoms. The molecular weight excluding hydrogens is 246 g/mol. The van der Waals surface area contributed by atoms with Crippen LogP contribution in [-0.4, -0.2) is 22.3 Å². The van der Waals surface area contributed by atoms with Crippen molar-refractivity contribution >= 4 is 11.8 Å². The third-order valence-corrected chi connectivity index (χ3v) is 2.95. The van der Waals surface area contributed by atoms with E-state index in [0.717, 1.165) is 16.7 Å². The summed E-state index contributed by atoms with van der Waals surface area (Å²) >= 11 is 1.55. The predicted octanol–water partition coefficient (Wildman–Crippen LogP) is 2.52. The van der Waals surface area contributed by atoms with E-state index in [1.165, 1.54) is 0 Å². The summed E-state index contributed by atoms with van der Waals surface area (Å²) in [5.74, 6) is 1.55. The van der Waals surface area contributed by atoms with Crippen LogP contribution in [0.1, 0.15) is 5.56 Å². The molecule has 0 atom stereocenters. The first-order valence-corrected chi connectivity index (χ1v) is 6.40. The van der Waals surface area contributed by atoms with Crippen LogP contribution in [0.2, 0.25) is 0 Å². The molecule has 0 aliphatic rings. The number of thioether (sulfide) groups is 1. The van der Waals surface area contributed by atoms with Crippen LogP contribution in [0.15, 0.2) is 47.9 Å². The lowest BCUT2D eigenvalue weighted by Gasteiger charge is -2.05. The largest absolute Gasteiger partial charge is 0.493 e. The minimum absolute atomic E-state index is 0.578. The van der Waals surface area contributed by atoms with Gasteiger partial charge in [-0.3, -0.25) is 0 Å². The minimum atomic E-state index is 0.578. The lowest BCUT2D eigenvalue weighted by molar-refractivity contribution is 0.344. The van der Waals surface area contributed by atoms with E-state index in [1.54, 1.807) is 54.5 Å². The van der Waals surface area contributed by atoms with E-state index >= 15 is 0 Å². The van der Waals surface area contributed by atoms with E-state index in [1.807, 2.05) is 0 Å². The van der Waals surface area contributed by atoms with Crippen molar-refractivity contribution < 1.29 is 4.74 Å². The maximum atomic E-state index is 8.66. The first-order valence-electron chi connectivity index (χ1n) is 5.41. The number of hydrogen-bond donors (Lipinski definition) is 0. The van der Waals surface area contributed by atoms with Gasteiger partial charge in [-0.15, -0.1) is 0 Å². The van der Waals surface area contributed by atoms with Crippen molar-refractivity contribution in [2.45, 2.75) is 5.16 Å². The Morgan fingerprint density at radius 2 is 1.89 bits per heavy atom. The average molecular weight is 257 g/mol. The lowest BCUT2D eigenvalue weighted by Crippen LogP contribution is -2.00. The summed E-state index contributed by atoms with van der Waals surface area (Å²) in [6.45, 7) is 0.578. The quantitative estimate of drug-likeness (QED) is 0.468. The second-order valence-corrected chi connectivity index (χ2v) is 4.43. The van der Waals surface area contributed by atoms with Gasteiger partial charge in [-0.1, -0.05) is 11.8 Å². The van der Waals surface area contributed by atoms with E-state index in [0.29, 0.717) is 12.2 Å². The fourth-order valence-electron chi connectivity index (χ4n) is 1.28. The molecule has 0 fully saturated rings. The maximum absolute atomic E-state index is 8.66. The number of nitrogens with zero attached hydrogens (tertiary/aromatic N) is 3. The van der Waals surface area contributed by atoms with Crippen molar-refractivity contribution in [3.8, 4) is 11.8 Å². The van der Waals surface area contributed by atoms with Gasteiger partial charge in [-0.25, -0.2) is 9.97 Å². The zero-order valence-corrected chi connectivity index (χ0v) is 10.4. The number of hydrogen-bond acceptors (Lipinski definition) is 5. The molecule has 1 aromatic heterocycles. The van der Waals surface area contributed by atoms with Gasteiger partial charge in [0.15, 0.2) is 5.16 Å². The first-order chi connectivity index (χ1) is 8.88. The van der Waals surface area contributed by atoms with Crippen molar-refractivity contribution in [1.82, 2.24) is 9.97 Å². The predicted molar refractivity (Wildman–Crippen MR) is 69.4 cm³/mol. The molecule has 18 heavy (non-hydrogen) atoms. The molecule has 0 N–H and O–H groups in total. The third kappa shape index (κ3) is 3.75. The molecule has 2 rings (SSSR count). The van der Waals surface area contributed by atoms with Gasteiger partial charge >= 0.3 is 0 Å². The number of ether oxygens (including phenoxy) is 1. The smallest absolute Gasteiger partial charge is 0.187 e. The number of nitriles is 1. The molecule has 0 aliphatic carbocycles. The summed E-state index contributed by atoms with van der Waals surface area (Å²) in [6, 6.07) is 10.9. The summed E-state index contributed by atoms with van der Waals surface area (Å²) in [5.41, 5.74) is 0.634. The highest BCUT2D eigenvalue weighted by Crippen LogP contribution is 2.14. The molecule has 0 aliphatic heterocycles. The fourth-order valence-corrected chi connectivity index (χ4v) is 1.90. The molecule has 2 aromatic rings. The van der Waals surface area contributed by atoms with Gasteiger partial charge in [0.2, 0.25) is 0 Å². The fraction of sp³-hybridized carbons (Fsp3) is 0.154. The third-order valence-electron chi connectivity index (χ3n) is 2.11. The van der Waals surface area contributed by atoms with Crippen LogP contribution in [0, 0.1) is 11.3 Å². The summed E-state index contributed by atoms with van der Waals surface area (Å²) < 4.78 is 5.54. The number of benzene rings is 1. The van der Waals surface area contributed by atoms with Crippen molar-refractivity contribution in [1.29, 1.82) is 5.26 Å².